The standard InChI is InChI=1S/C21H20FN3O6S2/c1-13-2-5-17-18(10-13)32-21(23-17)24-19(26)12-31-20(27)15-11-14(3-4-16(15)22)33(28,29)25-6-8-30-9-7-25/h2-5,10-11H,6-9,12H2,1H3,(H,23,24,26). The topological polar surface area (TPSA) is 115 Å². The van der Waals surface area contributed by atoms with Gasteiger partial charge in [0.1, 0.15) is 5.82 Å². The first-order valence-corrected chi connectivity index (χ1v) is 12.2. The number of aromatic nitrogens is 1. The van der Waals surface area contributed by atoms with Gasteiger partial charge in [0.05, 0.1) is 33.9 Å². The molecule has 0 saturated carbocycles. The number of fused-ring (bicyclic) bond motifs is 1. The lowest BCUT2D eigenvalue weighted by atomic mass is 10.2. The van der Waals surface area contributed by atoms with Crippen LogP contribution in [0.2, 0.25) is 0 Å². The Bertz CT molecular complexity index is 1320. The lowest BCUT2D eigenvalue weighted by molar-refractivity contribution is -0.119. The minimum absolute atomic E-state index is 0.158. The Hall–Kier alpha value is -2.93. The van der Waals surface area contributed by atoms with Crippen molar-refractivity contribution in [2.24, 2.45) is 0 Å². The van der Waals surface area contributed by atoms with Gasteiger partial charge in [0.25, 0.3) is 5.91 Å². The summed E-state index contributed by atoms with van der Waals surface area (Å²) in [7, 11) is -3.93. The smallest absolute Gasteiger partial charge is 0.341 e. The lowest BCUT2D eigenvalue weighted by Crippen LogP contribution is -2.40. The number of thiazole rings is 1. The normalized spacial score (nSPS) is 14.8. The van der Waals surface area contributed by atoms with E-state index in [1.54, 1.807) is 0 Å². The molecule has 1 amide bonds. The minimum Gasteiger partial charge on any atom is -0.452 e. The van der Waals surface area contributed by atoms with Crippen LogP contribution in [-0.4, -0.2) is 62.5 Å². The zero-order valence-electron chi connectivity index (χ0n) is 17.5. The van der Waals surface area contributed by atoms with E-state index in [0.717, 1.165) is 34.0 Å². The molecule has 174 valence electrons. The molecule has 2 heterocycles. The first kappa shape index (κ1) is 23.2. The summed E-state index contributed by atoms with van der Waals surface area (Å²) >= 11 is 1.27. The molecule has 3 aromatic rings. The summed E-state index contributed by atoms with van der Waals surface area (Å²) < 4.78 is 51.9. The van der Waals surface area contributed by atoms with Gasteiger partial charge in [0.2, 0.25) is 10.0 Å². The molecule has 0 bridgehead atoms. The maximum atomic E-state index is 14.2. The SMILES string of the molecule is Cc1ccc2nc(NC(=O)COC(=O)c3cc(S(=O)(=O)N4CCOCC4)ccc3F)sc2c1. The zero-order valence-corrected chi connectivity index (χ0v) is 19.2. The van der Waals surface area contributed by atoms with Crippen LogP contribution in [0.1, 0.15) is 15.9 Å². The number of halogens is 1. The van der Waals surface area contributed by atoms with E-state index in [9.17, 15) is 22.4 Å². The molecule has 1 aliphatic rings. The highest BCUT2D eigenvalue weighted by Crippen LogP contribution is 2.26. The number of nitrogens with zero attached hydrogens (tertiary/aromatic N) is 2. The van der Waals surface area contributed by atoms with Gasteiger partial charge in [-0.1, -0.05) is 17.4 Å². The van der Waals surface area contributed by atoms with Crippen LogP contribution in [0.3, 0.4) is 0 Å². The number of benzene rings is 2. The summed E-state index contributed by atoms with van der Waals surface area (Å²) in [6.07, 6.45) is 0. The van der Waals surface area contributed by atoms with Crippen LogP contribution in [0.25, 0.3) is 10.2 Å². The summed E-state index contributed by atoms with van der Waals surface area (Å²) in [6, 6.07) is 8.54. The highest BCUT2D eigenvalue weighted by atomic mass is 32.2. The molecule has 0 spiro atoms. The van der Waals surface area contributed by atoms with Crippen molar-refractivity contribution in [1.82, 2.24) is 9.29 Å². The fraction of sp³-hybridized carbons (Fsp3) is 0.286. The Morgan fingerprint density at radius 1 is 1.21 bits per heavy atom. The van der Waals surface area contributed by atoms with E-state index in [-0.39, 0.29) is 31.2 Å². The third-order valence-electron chi connectivity index (χ3n) is 4.89. The number of anilines is 1. The molecule has 1 N–H and O–H groups in total. The number of ether oxygens (including phenoxy) is 2. The zero-order chi connectivity index (χ0) is 23.6. The van der Waals surface area contributed by atoms with Crippen LogP contribution < -0.4 is 5.32 Å². The van der Waals surface area contributed by atoms with Crippen LogP contribution >= 0.6 is 11.3 Å². The van der Waals surface area contributed by atoms with E-state index < -0.39 is 39.9 Å². The molecule has 2 aromatic carbocycles. The number of carbonyl (C=O) groups is 2. The monoisotopic (exact) mass is 493 g/mol. The third-order valence-corrected chi connectivity index (χ3v) is 7.72. The molecule has 1 fully saturated rings. The number of hydrogen-bond acceptors (Lipinski definition) is 8. The van der Waals surface area contributed by atoms with E-state index >= 15 is 0 Å². The maximum absolute atomic E-state index is 14.2. The van der Waals surface area contributed by atoms with E-state index in [1.165, 1.54) is 15.6 Å². The fourth-order valence-electron chi connectivity index (χ4n) is 3.21. The molecule has 1 saturated heterocycles. The number of esters is 1. The summed E-state index contributed by atoms with van der Waals surface area (Å²) in [5, 5.41) is 2.87. The molecule has 4 rings (SSSR count). The van der Waals surface area contributed by atoms with E-state index in [2.05, 4.69) is 10.3 Å². The average molecular weight is 494 g/mol. The molecule has 33 heavy (non-hydrogen) atoms. The Morgan fingerprint density at radius 2 is 1.97 bits per heavy atom. The molecule has 0 radical (unpaired) electrons. The van der Waals surface area contributed by atoms with Crippen LogP contribution in [0.4, 0.5) is 9.52 Å². The molecule has 12 heteroatoms. The summed E-state index contributed by atoms with van der Waals surface area (Å²) in [4.78, 5) is 28.6. The van der Waals surface area contributed by atoms with Gasteiger partial charge in [-0.3, -0.25) is 10.1 Å². The van der Waals surface area contributed by atoms with E-state index in [4.69, 9.17) is 9.47 Å². The number of amides is 1. The van der Waals surface area contributed by atoms with E-state index in [0.29, 0.717) is 5.13 Å². The highest BCUT2D eigenvalue weighted by Gasteiger charge is 2.28. The Balaban J connectivity index is 1.42. The van der Waals surface area contributed by atoms with Crippen LogP contribution in [0.15, 0.2) is 41.3 Å². The number of carbonyl (C=O) groups excluding carboxylic acids is 2. The predicted molar refractivity (Wildman–Crippen MR) is 119 cm³/mol. The van der Waals surface area contributed by atoms with Crippen LogP contribution in [0, 0.1) is 12.7 Å². The van der Waals surface area contributed by atoms with Gasteiger partial charge < -0.3 is 9.47 Å². The first-order valence-electron chi connectivity index (χ1n) is 9.95. The van der Waals surface area contributed by atoms with Gasteiger partial charge in [-0.25, -0.2) is 22.6 Å². The van der Waals surface area contributed by atoms with Crippen molar-refractivity contribution in [3.05, 3.63) is 53.3 Å². The summed E-state index contributed by atoms with van der Waals surface area (Å²) in [5.41, 5.74) is 1.20. The van der Waals surface area contributed by atoms with Crippen molar-refractivity contribution in [3.8, 4) is 0 Å². The molecule has 0 atom stereocenters. The molecule has 1 aromatic heterocycles. The minimum atomic E-state index is -3.93. The molecular weight excluding hydrogens is 473 g/mol. The Labute approximate surface area is 193 Å². The third kappa shape index (κ3) is 5.19. The molecule has 1 aliphatic heterocycles. The van der Waals surface area contributed by atoms with Gasteiger partial charge in [-0.2, -0.15) is 4.31 Å². The maximum Gasteiger partial charge on any atom is 0.341 e. The fourth-order valence-corrected chi connectivity index (χ4v) is 5.62. The molecule has 9 nitrogen and oxygen atoms in total. The van der Waals surface area contributed by atoms with Crippen molar-refractivity contribution in [1.29, 1.82) is 0 Å². The summed E-state index contributed by atoms with van der Waals surface area (Å²) in [5.74, 6) is -2.76. The Morgan fingerprint density at radius 3 is 2.73 bits per heavy atom. The van der Waals surface area contributed by atoms with Crippen LogP contribution in [0.5, 0.6) is 0 Å². The van der Waals surface area contributed by atoms with Gasteiger partial charge >= 0.3 is 5.97 Å². The number of rotatable bonds is 6. The quantitative estimate of drug-likeness (QED) is 0.525. The van der Waals surface area contributed by atoms with Gasteiger partial charge in [-0.15, -0.1) is 0 Å². The van der Waals surface area contributed by atoms with Crippen molar-refractivity contribution in [2.75, 3.05) is 38.2 Å². The number of hydrogen-bond donors (Lipinski definition) is 1. The molecule has 0 aliphatic carbocycles. The number of morpholine rings is 1. The van der Waals surface area contributed by atoms with Crippen molar-refractivity contribution < 1.29 is 31.9 Å². The van der Waals surface area contributed by atoms with E-state index in [1.807, 2.05) is 25.1 Å². The lowest BCUT2D eigenvalue weighted by Gasteiger charge is -2.26. The van der Waals surface area contributed by atoms with Crippen molar-refractivity contribution in [3.63, 3.8) is 0 Å². The molecule has 0 unspecified atom stereocenters. The number of nitrogens with one attached hydrogen (secondary N) is 1. The average Bonchev–Trinajstić information content (AvgIpc) is 3.19. The number of aryl methyl sites for hydroxylation is 1. The second-order valence-electron chi connectivity index (χ2n) is 7.27. The van der Waals surface area contributed by atoms with Crippen molar-refractivity contribution >= 4 is 48.6 Å². The Kier molecular flexibility index (Phi) is 6.70. The second-order valence-corrected chi connectivity index (χ2v) is 10.2. The molecular formula is C21H20FN3O6S2. The predicted octanol–water partition coefficient (Wildman–Crippen LogP) is 2.56. The van der Waals surface area contributed by atoms with Crippen molar-refractivity contribution in [2.45, 2.75) is 11.8 Å². The number of sulfonamides is 1. The van der Waals surface area contributed by atoms with Gasteiger partial charge in [-0.05, 0) is 42.8 Å². The van der Waals surface area contributed by atoms with Gasteiger partial charge in [0.15, 0.2) is 11.7 Å². The first-order chi connectivity index (χ1) is 15.7. The highest BCUT2D eigenvalue weighted by molar-refractivity contribution is 7.89. The van der Waals surface area contributed by atoms with Gasteiger partial charge in [0, 0.05) is 13.1 Å². The second kappa shape index (κ2) is 9.51. The largest absolute Gasteiger partial charge is 0.452 e. The van der Waals surface area contributed by atoms with Crippen LogP contribution in [-0.2, 0) is 24.3 Å². The summed E-state index contributed by atoms with van der Waals surface area (Å²) in [6.45, 7) is 2.07.